The number of unbranched alkanes of at least 4 members (excludes halogenated alkanes) is 2. The quantitative estimate of drug-likeness (QED) is 0.245. The molecule has 0 heterocycles. The number of halogens is 1. The van der Waals surface area contributed by atoms with Crippen molar-refractivity contribution in [1.82, 2.24) is 0 Å². The van der Waals surface area contributed by atoms with Gasteiger partial charge in [-0.2, -0.15) is 0 Å². The minimum absolute atomic E-state index is 0.00484. The van der Waals surface area contributed by atoms with Crippen LogP contribution in [0.3, 0.4) is 0 Å². The number of nitrogens with zero attached hydrogens (tertiary/aromatic N) is 1. The van der Waals surface area contributed by atoms with Crippen molar-refractivity contribution in [3.05, 3.63) is 58.4 Å². The van der Waals surface area contributed by atoms with Crippen molar-refractivity contribution in [2.75, 3.05) is 7.05 Å². The molecule has 2 atom stereocenters. The van der Waals surface area contributed by atoms with Gasteiger partial charge in [0.05, 0.1) is 0 Å². The Balaban J connectivity index is 2.70. The lowest BCUT2D eigenvalue weighted by Crippen LogP contribution is -2.25. The maximum atomic E-state index is 14.0. The van der Waals surface area contributed by atoms with E-state index in [1.165, 1.54) is 5.56 Å². The Morgan fingerprint density at radius 1 is 1.10 bits per heavy atom. The van der Waals surface area contributed by atoms with E-state index in [4.69, 9.17) is 0 Å². The van der Waals surface area contributed by atoms with Crippen LogP contribution in [0.15, 0.2) is 35.3 Å². The molecule has 2 aromatic carbocycles. The predicted molar refractivity (Wildman–Crippen MR) is 136 cm³/mol. The van der Waals surface area contributed by atoms with Crippen LogP contribution in [0.2, 0.25) is 0 Å². The molecular formula is C27H39FNOP. The molecule has 0 bridgehead atoms. The Morgan fingerprint density at radius 3 is 2.39 bits per heavy atom. The molecule has 0 aliphatic heterocycles. The van der Waals surface area contributed by atoms with Crippen LogP contribution >= 0.6 is 8.58 Å². The number of rotatable bonds is 9. The number of phenols is 1. The van der Waals surface area contributed by atoms with E-state index < -0.39 is 0 Å². The summed E-state index contributed by atoms with van der Waals surface area (Å²) in [6, 6.07) is 9.34. The smallest absolute Gasteiger partial charge is 0.123 e. The molecule has 1 N–H and O–H groups in total. The third-order valence-electron chi connectivity index (χ3n) is 6.15. The molecule has 0 radical (unpaired) electrons. The number of aryl methyl sites for hydroxylation is 1. The maximum absolute atomic E-state index is 14.0. The fourth-order valence-corrected chi connectivity index (χ4v) is 5.89. The topological polar surface area (TPSA) is 32.6 Å². The molecule has 0 amide bonds. The highest BCUT2D eigenvalue weighted by molar-refractivity contribution is 7.48. The molecule has 2 nitrogen and oxygen atoms in total. The van der Waals surface area contributed by atoms with E-state index >= 15 is 0 Å². The van der Waals surface area contributed by atoms with Gasteiger partial charge in [0.15, 0.2) is 0 Å². The van der Waals surface area contributed by atoms with Crippen molar-refractivity contribution in [2.24, 2.45) is 4.99 Å². The van der Waals surface area contributed by atoms with Crippen LogP contribution < -0.4 is 5.30 Å². The lowest BCUT2D eigenvalue weighted by molar-refractivity contribution is 0.431. The van der Waals surface area contributed by atoms with Gasteiger partial charge in [-0.3, -0.25) is 4.99 Å². The highest BCUT2D eigenvalue weighted by Gasteiger charge is 2.35. The average Bonchev–Trinajstić information content (AvgIpc) is 2.70. The number of aliphatic imine (C=N–C) groups is 1. The highest BCUT2D eigenvalue weighted by Crippen LogP contribution is 2.52. The Labute approximate surface area is 190 Å². The van der Waals surface area contributed by atoms with Crippen LogP contribution in [0.25, 0.3) is 0 Å². The first kappa shape index (κ1) is 25.5. The number of hydrogen-bond donors (Lipinski definition) is 1. The standard InChI is InChI=1S/C27H39FNOP/c1-8-10-11-14-27(9-2,31-24-13-12-22(28)16-20(24)18-29-7)23-17-21(26(4,5)6)15-19(3)25(23)30/h12-13,15-18,30-31H,8-11,14H2,1-7H3. The normalized spacial score (nSPS) is 14.6. The summed E-state index contributed by atoms with van der Waals surface area (Å²) in [5, 5.41) is 12.1. The van der Waals surface area contributed by atoms with Gasteiger partial charge in [0.2, 0.25) is 0 Å². The third kappa shape index (κ3) is 6.16. The van der Waals surface area contributed by atoms with Gasteiger partial charge in [-0.1, -0.05) is 80.7 Å². The van der Waals surface area contributed by atoms with Crippen molar-refractivity contribution < 1.29 is 9.50 Å². The van der Waals surface area contributed by atoms with Crippen LogP contribution in [0.5, 0.6) is 5.75 Å². The zero-order valence-electron chi connectivity index (χ0n) is 20.3. The fraction of sp³-hybridized carbons (Fsp3) is 0.519. The first-order valence-corrected chi connectivity index (χ1v) is 12.4. The zero-order valence-corrected chi connectivity index (χ0v) is 21.3. The summed E-state index contributed by atoms with van der Waals surface area (Å²) >= 11 is 0. The highest BCUT2D eigenvalue weighted by atomic mass is 31.1. The number of benzene rings is 2. The lowest BCUT2D eigenvalue weighted by atomic mass is 9.80. The summed E-state index contributed by atoms with van der Waals surface area (Å²) < 4.78 is 14.0. The van der Waals surface area contributed by atoms with Crippen molar-refractivity contribution in [1.29, 1.82) is 0 Å². The molecule has 4 heteroatoms. The van der Waals surface area contributed by atoms with Crippen LogP contribution in [0.4, 0.5) is 4.39 Å². The molecule has 0 aliphatic rings. The second kappa shape index (κ2) is 10.7. The van der Waals surface area contributed by atoms with Gasteiger partial charge >= 0.3 is 0 Å². The van der Waals surface area contributed by atoms with Gasteiger partial charge < -0.3 is 5.11 Å². The minimum atomic E-state index is -0.245. The number of phenolic OH excluding ortho intramolecular Hbond substituents is 1. The van der Waals surface area contributed by atoms with Crippen LogP contribution in [-0.4, -0.2) is 18.4 Å². The molecule has 0 spiro atoms. The van der Waals surface area contributed by atoms with E-state index in [-0.39, 0.29) is 16.4 Å². The van der Waals surface area contributed by atoms with Gasteiger partial charge in [-0.25, -0.2) is 4.39 Å². The monoisotopic (exact) mass is 443 g/mol. The molecule has 2 aromatic rings. The Bertz CT molecular complexity index is 916. The Morgan fingerprint density at radius 2 is 1.81 bits per heavy atom. The van der Waals surface area contributed by atoms with Crippen molar-refractivity contribution in [2.45, 2.75) is 84.2 Å². The van der Waals surface area contributed by atoms with Crippen molar-refractivity contribution in [3.63, 3.8) is 0 Å². The SMILES string of the molecule is CCCCCC(CC)(Pc1ccc(F)cc1C=NC)c1cc(C(C)(C)C)cc(C)c1O. The fourth-order valence-electron chi connectivity index (χ4n) is 4.13. The van der Waals surface area contributed by atoms with Gasteiger partial charge in [0, 0.05) is 29.5 Å². The molecule has 0 aromatic heterocycles. The molecule has 0 saturated carbocycles. The average molecular weight is 444 g/mol. The molecule has 170 valence electrons. The molecule has 0 fully saturated rings. The summed E-state index contributed by atoms with van der Waals surface area (Å²) in [6.07, 6.45) is 7.08. The number of hydrogen-bond acceptors (Lipinski definition) is 2. The first-order chi connectivity index (χ1) is 14.6. The van der Waals surface area contributed by atoms with E-state index in [0.717, 1.165) is 54.1 Å². The maximum Gasteiger partial charge on any atom is 0.123 e. The van der Waals surface area contributed by atoms with E-state index in [2.05, 4.69) is 51.7 Å². The summed E-state index contributed by atoms with van der Waals surface area (Å²) in [5.41, 5.74) is 4.03. The molecular weight excluding hydrogens is 404 g/mol. The zero-order chi connectivity index (χ0) is 23.2. The van der Waals surface area contributed by atoms with Crippen LogP contribution in [0, 0.1) is 12.7 Å². The van der Waals surface area contributed by atoms with E-state index in [9.17, 15) is 9.50 Å². The van der Waals surface area contributed by atoms with E-state index in [1.54, 1.807) is 25.4 Å². The summed E-state index contributed by atoms with van der Waals surface area (Å²) in [4.78, 5) is 4.15. The van der Waals surface area contributed by atoms with Crippen molar-refractivity contribution >= 4 is 20.1 Å². The molecule has 0 aliphatic carbocycles. The lowest BCUT2D eigenvalue weighted by Gasteiger charge is -2.36. The van der Waals surface area contributed by atoms with E-state index in [0.29, 0.717) is 14.3 Å². The second-order valence-corrected chi connectivity index (χ2v) is 11.3. The van der Waals surface area contributed by atoms with Crippen LogP contribution in [-0.2, 0) is 10.6 Å². The third-order valence-corrected chi connectivity index (χ3v) is 8.22. The van der Waals surface area contributed by atoms with Gasteiger partial charge in [-0.15, -0.1) is 0 Å². The Kier molecular flexibility index (Phi) is 8.83. The number of aromatic hydroxyl groups is 1. The Hall–Kier alpha value is -1.73. The van der Waals surface area contributed by atoms with Crippen LogP contribution in [0.1, 0.15) is 89.0 Å². The second-order valence-electron chi connectivity index (χ2n) is 9.58. The van der Waals surface area contributed by atoms with Gasteiger partial charge in [0.1, 0.15) is 11.6 Å². The predicted octanol–water partition coefficient (Wildman–Crippen LogP) is 7.38. The molecule has 2 rings (SSSR count). The molecule has 31 heavy (non-hydrogen) atoms. The van der Waals surface area contributed by atoms with Gasteiger partial charge in [0.25, 0.3) is 0 Å². The summed E-state index contributed by atoms with van der Waals surface area (Å²) in [5.74, 6) is 0.164. The largest absolute Gasteiger partial charge is 0.507 e. The molecule has 2 unspecified atom stereocenters. The minimum Gasteiger partial charge on any atom is -0.507 e. The summed E-state index contributed by atoms with van der Waals surface area (Å²) in [6.45, 7) is 13.1. The molecule has 0 saturated heterocycles. The first-order valence-electron chi connectivity index (χ1n) is 11.4. The van der Waals surface area contributed by atoms with E-state index in [1.807, 2.05) is 13.0 Å². The summed E-state index contributed by atoms with van der Waals surface area (Å²) in [7, 11) is 2.13. The van der Waals surface area contributed by atoms with Crippen molar-refractivity contribution in [3.8, 4) is 5.75 Å². The van der Waals surface area contributed by atoms with Gasteiger partial charge in [-0.05, 0) is 53.7 Å².